The van der Waals surface area contributed by atoms with Gasteiger partial charge in [-0.3, -0.25) is 4.68 Å². The van der Waals surface area contributed by atoms with E-state index in [-0.39, 0.29) is 18.2 Å². The van der Waals surface area contributed by atoms with Crippen LogP contribution in [0.2, 0.25) is 0 Å². The maximum absolute atomic E-state index is 12.6. The van der Waals surface area contributed by atoms with Crippen LogP contribution in [0.3, 0.4) is 0 Å². The highest BCUT2D eigenvalue weighted by Gasteiger charge is 1.97. The van der Waals surface area contributed by atoms with Crippen LogP contribution in [0.1, 0.15) is 5.56 Å². The number of aromatic nitrogens is 2. The third-order valence-electron chi connectivity index (χ3n) is 1.91. The summed E-state index contributed by atoms with van der Waals surface area (Å²) in [6.45, 7) is 0.609. The predicted octanol–water partition coefficient (Wildman–Crippen LogP) is -1.34. The van der Waals surface area contributed by atoms with Crippen molar-refractivity contribution >= 4 is 5.69 Å². The van der Waals surface area contributed by atoms with Crippen molar-refractivity contribution < 1.29 is 16.8 Å². The van der Waals surface area contributed by atoms with Crippen LogP contribution in [0.4, 0.5) is 10.1 Å². The number of rotatable bonds is 2. The third-order valence-corrected chi connectivity index (χ3v) is 1.91. The third kappa shape index (κ3) is 2.95. The molecule has 0 fully saturated rings. The molecule has 0 amide bonds. The molecule has 2 aromatic rings. The summed E-state index contributed by atoms with van der Waals surface area (Å²) in [5.41, 5.74) is 7.14. The number of nitrogens with two attached hydrogens (primary N) is 1. The van der Waals surface area contributed by atoms with E-state index in [9.17, 15) is 4.39 Å². The maximum Gasteiger partial charge on any atom is 0.123 e. The first-order valence-corrected chi connectivity index (χ1v) is 4.26. The number of halogens is 2. The minimum Gasteiger partial charge on any atom is -1.00 e. The molecule has 1 heterocycles. The molecular formula is C10H10ClFN3-. The van der Waals surface area contributed by atoms with Gasteiger partial charge in [-0.05, 0) is 17.7 Å². The summed E-state index contributed by atoms with van der Waals surface area (Å²) < 4.78 is 14.3. The van der Waals surface area contributed by atoms with Crippen molar-refractivity contribution in [3.05, 3.63) is 48.0 Å². The van der Waals surface area contributed by atoms with Crippen molar-refractivity contribution in [1.29, 1.82) is 0 Å². The Morgan fingerprint density at radius 2 is 1.93 bits per heavy atom. The molecule has 0 saturated carbocycles. The minimum absolute atomic E-state index is 0. The van der Waals surface area contributed by atoms with E-state index in [1.165, 1.54) is 12.1 Å². The summed E-state index contributed by atoms with van der Waals surface area (Å²) in [6.07, 6.45) is 3.33. The quantitative estimate of drug-likeness (QED) is 0.689. The Morgan fingerprint density at radius 3 is 2.47 bits per heavy atom. The lowest BCUT2D eigenvalue weighted by atomic mass is 10.2. The molecule has 0 bridgehead atoms. The van der Waals surface area contributed by atoms with E-state index in [0.717, 1.165) is 5.56 Å². The first-order valence-electron chi connectivity index (χ1n) is 4.26. The highest BCUT2D eigenvalue weighted by atomic mass is 35.5. The van der Waals surface area contributed by atoms with Gasteiger partial charge in [0.05, 0.1) is 18.4 Å². The number of hydrogen-bond donors (Lipinski definition) is 1. The molecule has 0 spiro atoms. The first kappa shape index (κ1) is 11.5. The zero-order valence-electron chi connectivity index (χ0n) is 7.90. The zero-order valence-corrected chi connectivity index (χ0v) is 8.65. The van der Waals surface area contributed by atoms with E-state index in [0.29, 0.717) is 12.2 Å². The molecule has 0 unspecified atom stereocenters. The summed E-state index contributed by atoms with van der Waals surface area (Å²) in [5.74, 6) is -0.228. The molecule has 0 saturated heterocycles. The summed E-state index contributed by atoms with van der Waals surface area (Å²) in [7, 11) is 0. The van der Waals surface area contributed by atoms with Crippen LogP contribution in [-0.4, -0.2) is 9.78 Å². The Kier molecular flexibility index (Phi) is 3.68. The standard InChI is InChI=1S/C10H10FN3.ClH/c11-9-3-1-8(2-4-9)6-14-7-10(12)5-13-14;/h1-5,7H,6,12H2;1H/p-1. The molecule has 1 aromatic carbocycles. The molecule has 0 aliphatic carbocycles. The Balaban J connectivity index is 0.00000112. The van der Waals surface area contributed by atoms with E-state index in [4.69, 9.17) is 5.73 Å². The molecule has 2 rings (SSSR count). The Hall–Kier alpha value is -1.55. The van der Waals surface area contributed by atoms with E-state index in [1.54, 1.807) is 29.2 Å². The van der Waals surface area contributed by atoms with E-state index in [1.807, 2.05) is 0 Å². The molecule has 0 radical (unpaired) electrons. The molecule has 5 heteroatoms. The van der Waals surface area contributed by atoms with Crippen LogP contribution in [0.15, 0.2) is 36.7 Å². The Bertz CT molecular complexity index is 424. The average Bonchev–Trinajstić information content (AvgIpc) is 2.56. The highest BCUT2D eigenvalue weighted by Crippen LogP contribution is 2.06. The van der Waals surface area contributed by atoms with Gasteiger partial charge < -0.3 is 18.1 Å². The SMILES string of the molecule is Nc1cnn(Cc2ccc(F)cc2)c1.[Cl-]. The molecule has 15 heavy (non-hydrogen) atoms. The van der Waals surface area contributed by atoms with Crippen LogP contribution in [-0.2, 0) is 6.54 Å². The lowest BCUT2D eigenvalue weighted by molar-refractivity contribution is -0.00000358. The van der Waals surface area contributed by atoms with Gasteiger partial charge in [0.15, 0.2) is 0 Å². The number of anilines is 1. The molecule has 0 aliphatic rings. The second-order valence-corrected chi connectivity index (χ2v) is 3.10. The van der Waals surface area contributed by atoms with E-state index < -0.39 is 0 Å². The van der Waals surface area contributed by atoms with Crippen LogP contribution < -0.4 is 18.1 Å². The molecular weight excluding hydrogens is 217 g/mol. The van der Waals surface area contributed by atoms with Crippen LogP contribution in [0.25, 0.3) is 0 Å². The first-order chi connectivity index (χ1) is 6.74. The van der Waals surface area contributed by atoms with Gasteiger partial charge in [-0.25, -0.2) is 4.39 Å². The van der Waals surface area contributed by atoms with E-state index in [2.05, 4.69) is 5.10 Å². The molecule has 2 N–H and O–H groups in total. The second-order valence-electron chi connectivity index (χ2n) is 3.10. The van der Waals surface area contributed by atoms with Crippen LogP contribution >= 0.6 is 0 Å². The van der Waals surface area contributed by atoms with Gasteiger partial charge in [0.1, 0.15) is 5.82 Å². The van der Waals surface area contributed by atoms with Gasteiger partial charge >= 0.3 is 0 Å². The molecule has 80 valence electrons. The van der Waals surface area contributed by atoms with Crippen molar-refractivity contribution in [2.45, 2.75) is 6.54 Å². The average molecular weight is 227 g/mol. The Morgan fingerprint density at radius 1 is 1.27 bits per heavy atom. The lowest BCUT2D eigenvalue weighted by Crippen LogP contribution is -3.00. The molecule has 3 nitrogen and oxygen atoms in total. The summed E-state index contributed by atoms with van der Waals surface area (Å²) in [6, 6.07) is 6.32. The van der Waals surface area contributed by atoms with E-state index >= 15 is 0 Å². The van der Waals surface area contributed by atoms with Gasteiger partial charge in [-0.2, -0.15) is 5.10 Å². The van der Waals surface area contributed by atoms with Crippen molar-refractivity contribution in [2.75, 3.05) is 5.73 Å². The van der Waals surface area contributed by atoms with Gasteiger partial charge in [-0.1, -0.05) is 12.1 Å². The molecule has 0 atom stereocenters. The van der Waals surface area contributed by atoms with Gasteiger partial charge in [0, 0.05) is 6.20 Å². The lowest BCUT2D eigenvalue weighted by Gasteiger charge is -2.00. The van der Waals surface area contributed by atoms with Crippen molar-refractivity contribution in [2.24, 2.45) is 0 Å². The predicted molar refractivity (Wildman–Crippen MR) is 52.1 cm³/mol. The minimum atomic E-state index is -0.228. The second kappa shape index (κ2) is 4.79. The van der Waals surface area contributed by atoms with Crippen molar-refractivity contribution in [3.8, 4) is 0 Å². The fraction of sp³-hybridized carbons (Fsp3) is 0.100. The highest BCUT2D eigenvalue weighted by molar-refractivity contribution is 5.30. The maximum atomic E-state index is 12.6. The van der Waals surface area contributed by atoms with Crippen LogP contribution in [0.5, 0.6) is 0 Å². The number of nitrogens with zero attached hydrogens (tertiary/aromatic N) is 2. The number of benzene rings is 1. The summed E-state index contributed by atoms with van der Waals surface area (Å²) in [5, 5.41) is 4.03. The zero-order chi connectivity index (χ0) is 9.97. The van der Waals surface area contributed by atoms with Gasteiger partial charge in [0.2, 0.25) is 0 Å². The largest absolute Gasteiger partial charge is 1.00 e. The van der Waals surface area contributed by atoms with Gasteiger partial charge in [0.25, 0.3) is 0 Å². The smallest absolute Gasteiger partial charge is 0.123 e. The van der Waals surface area contributed by atoms with Gasteiger partial charge in [-0.15, -0.1) is 0 Å². The Labute approximate surface area is 93.1 Å². The molecule has 1 aromatic heterocycles. The topological polar surface area (TPSA) is 43.8 Å². The summed E-state index contributed by atoms with van der Waals surface area (Å²) in [4.78, 5) is 0. The number of nitrogen functional groups attached to an aromatic ring is 1. The van der Waals surface area contributed by atoms with Crippen LogP contribution in [0, 0.1) is 5.82 Å². The monoisotopic (exact) mass is 226 g/mol. The number of hydrogen-bond acceptors (Lipinski definition) is 2. The fourth-order valence-electron chi connectivity index (χ4n) is 1.24. The fourth-order valence-corrected chi connectivity index (χ4v) is 1.24. The van der Waals surface area contributed by atoms with Crippen molar-refractivity contribution in [3.63, 3.8) is 0 Å². The van der Waals surface area contributed by atoms with Crippen molar-refractivity contribution in [1.82, 2.24) is 9.78 Å². The molecule has 0 aliphatic heterocycles. The normalized spacial score (nSPS) is 9.67. The summed E-state index contributed by atoms with van der Waals surface area (Å²) >= 11 is 0.